The second-order valence-electron chi connectivity index (χ2n) is 4.88. The molecule has 1 aromatic carbocycles. The number of carbonyl (C=O) groups is 1. The van der Waals surface area contributed by atoms with E-state index < -0.39 is 0 Å². The van der Waals surface area contributed by atoms with Crippen LogP contribution >= 0.6 is 15.9 Å². The number of halogens is 1. The molecule has 0 bridgehead atoms. The SMILES string of the molecule is CN1C(=O)Cc2cc(-c3n[nH]c(CCN)c3Br)ccc21. The smallest absolute Gasteiger partial charge is 0.231 e. The standard InChI is InChI=1S/C14H15BrN4O/c1-19-11-3-2-8(6-9(11)7-12(19)20)14-13(15)10(4-5-16)17-18-14/h2-3,6H,4-5,7,16H2,1H3,(H,17,18). The lowest BCUT2D eigenvalue weighted by Gasteiger charge is -2.10. The van der Waals surface area contributed by atoms with Crippen molar-refractivity contribution in [3.63, 3.8) is 0 Å². The lowest BCUT2D eigenvalue weighted by atomic mass is 10.1. The van der Waals surface area contributed by atoms with E-state index in [2.05, 4.69) is 26.1 Å². The molecule has 3 N–H and O–H groups in total. The molecule has 6 heteroatoms. The number of nitrogens with one attached hydrogen (secondary N) is 1. The van der Waals surface area contributed by atoms with Gasteiger partial charge in [-0.1, -0.05) is 6.07 Å². The van der Waals surface area contributed by atoms with Gasteiger partial charge < -0.3 is 10.6 Å². The van der Waals surface area contributed by atoms with Crippen LogP contribution in [0, 0.1) is 0 Å². The fourth-order valence-corrected chi connectivity index (χ4v) is 3.09. The van der Waals surface area contributed by atoms with Gasteiger partial charge >= 0.3 is 0 Å². The number of fused-ring (bicyclic) bond motifs is 1. The van der Waals surface area contributed by atoms with E-state index in [9.17, 15) is 4.79 Å². The number of anilines is 1. The molecule has 1 amide bonds. The normalized spacial score (nSPS) is 13.9. The first-order valence-corrected chi connectivity index (χ1v) is 7.23. The van der Waals surface area contributed by atoms with Crippen LogP contribution in [0.3, 0.4) is 0 Å². The zero-order valence-corrected chi connectivity index (χ0v) is 12.7. The van der Waals surface area contributed by atoms with Gasteiger partial charge in [0.25, 0.3) is 0 Å². The van der Waals surface area contributed by atoms with Crippen LogP contribution in [-0.4, -0.2) is 29.7 Å². The molecular formula is C14H15BrN4O. The van der Waals surface area contributed by atoms with Gasteiger partial charge in [0.15, 0.2) is 0 Å². The molecule has 1 aromatic heterocycles. The Morgan fingerprint density at radius 3 is 3.05 bits per heavy atom. The Kier molecular flexibility index (Phi) is 3.35. The molecule has 0 aliphatic carbocycles. The van der Waals surface area contributed by atoms with Crippen LogP contribution in [0.2, 0.25) is 0 Å². The molecule has 0 radical (unpaired) electrons. The number of H-pyrrole nitrogens is 1. The van der Waals surface area contributed by atoms with Gasteiger partial charge in [0, 0.05) is 24.7 Å². The molecule has 0 spiro atoms. The summed E-state index contributed by atoms with van der Waals surface area (Å²) in [6, 6.07) is 5.99. The van der Waals surface area contributed by atoms with Gasteiger partial charge in [-0.25, -0.2) is 0 Å². The van der Waals surface area contributed by atoms with E-state index in [0.29, 0.717) is 13.0 Å². The van der Waals surface area contributed by atoms with Crippen LogP contribution in [0.1, 0.15) is 11.3 Å². The number of amides is 1. The van der Waals surface area contributed by atoms with E-state index in [-0.39, 0.29) is 5.91 Å². The second-order valence-corrected chi connectivity index (χ2v) is 5.67. The van der Waals surface area contributed by atoms with Crippen molar-refractivity contribution in [1.82, 2.24) is 10.2 Å². The van der Waals surface area contributed by atoms with Crippen molar-refractivity contribution in [1.29, 1.82) is 0 Å². The molecule has 0 atom stereocenters. The predicted octanol–water partition coefficient (Wildman–Crippen LogP) is 1.86. The first-order valence-electron chi connectivity index (χ1n) is 6.44. The third kappa shape index (κ3) is 2.05. The van der Waals surface area contributed by atoms with Crippen LogP contribution in [-0.2, 0) is 17.6 Å². The van der Waals surface area contributed by atoms with Crippen molar-refractivity contribution < 1.29 is 4.79 Å². The molecule has 0 saturated carbocycles. The molecule has 0 unspecified atom stereocenters. The summed E-state index contributed by atoms with van der Waals surface area (Å²) in [6.45, 7) is 0.573. The highest BCUT2D eigenvalue weighted by Gasteiger charge is 2.24. The highest BCUT2D eigenvalue weighted by atomic mass is 79.9. The Morgan fingerprint density at radius 2 is 2.30 bits per heavy atom. The molecule has 1 aliphatic rings. The average molecular weight is 335 g/mol. The first kappa shape index (κ1) is 13.3. The zero-order valence-electron chi connectivity index (χ0n) is 11.1. The number of rotatable bonds is 3. The lowest BCUT2D eigenvalue weighted by Crippen LogP contribution is -2.20. The Labute approximate surface area is 125 Å². The summed E-state index contributed by atoms with van der Waals surface area (Å²) in [6.07, 6.45) is 1.21. The van der Waals surface area contributed by atoms with Gasteiger partial charge in [-0.05, 0) is 40.2 Å². The summed E-state index contributed by atoms with van der Waals surface area (Å²) in [4.78, 5) is 13.4. The number of hydrogen-bond acceptors (Lipinski definition) is 3. The van der Waals surface area contributed by atoms with E-state index in [1.807, 2.05) is 18.2 Å². The number of nitrogens with two attached hydrogens (primary N) is 1. The first-order chi connectivity index (χ1) is 9.61. The molecule has 1 aliphatic heterocycles. The molecule has 0 saturated heterocycles. The van der Waals surface area contributed by atoms with Gasteiger partial charge in [0.1, 0.15) is 5.69 Å². The lowest BCUT2D eigenvalue weighted by molar-refractivity contribution is -0.117. The van der Waals surface area contributed by atoms with Gasteiger partial charge in [-0.15, -0.1) is 0 Å². The van der Waals surface area contributed by atoms with Crippen LogP contribution in [0.4, 0.5) is 5.69 Å². The van der Waals surface area contributed by atoms with Crippen molar-refractivity contribution in [3.05, 3.63) is 33.9 Å². The molecule has 5 nitrogen and oxygen atoms in total. The number of aromatic amines is 1. The monoisotopic (exact) mass is 334 g/mol. The maximum atomic E-state index is 11.7. The van der Waals surface area contributed by atoms with Crippen LogP contribution in [0.15, 0.2) is 22.7 Å². The number of aromatic nitrogens is 2. The Balaban J connectivity index is 2.01. The van der Waals surface area contributed by atoms with E-state index >= 15 is 0 Å². The summed E-state index contributed by atoms with van der Waals surface area (Å²) in [5, 5.41) is 7.35. The van der Waals surface area contributed by atoms with Crippen LogP contribution < -0.4 is 10.6 Å². The number of carbonyl (C=O) groups excluding carboxylic acids is 1. The summed E-state index contributed by atoms with van der Waals surface area (Å²) in [5.74, 6) is 0.127. The highest BCUT2D eigenvalue weighted by molar-refractivity contribution is 9.10. The largest absolute Gasteiger partial charge is 0.330 e. The maximum Gasteiger partial charge on any atom is 0.231 e. The van der Waals surface area contributed by atoms with Crippen LogP contribution in [0.25, 0.3) is 11.3 Å². The summed E-state index contributed by atoms with van der Waals surface area (Å²) in [5.41, 5.74) is 10.5. The minimum atomic E-state index is 0.127. The number of benzene rings is 1. The molecule has 3 rings (SSSR count). The van der Waals surface area contributed by atoms with Crippen molar-refractivity contribution in [2.24, 2.45) is 5.73 Å². The molecule has 104 valence electrons. The quantitative estimate of drug-likeness (QED) is 0.899. The Bertz CT molecular complexity index is 680. The van der Waals surface area contributed by atoms with Crippen molar-refractivity contribution in [3.8, 4) is 11.3 Å². The van der Waals surface area contributed by atoms with Gasteiger partial charge in [-0.2, -0.15) is 5.10 Å². The number of hydrogen-bond donors (Lipinski definition) is 2. The molecular weight excluding hydrogens is 320 g/mol. The van der Waals surface area contributed by atoms with E-state index in [1.54, 1.807) is 11.9 Å². The fourth-order valence-electron chi connectivity index (χ4n) is 2.48. The van der Waals surface area contributed by atoms with E-state index in [1.165, 1.54) is 0 Å². The van der Waals surface area contributed by atoms with Crippen molar-refractivity contribution in [2.45, 2.75) is 12.8 Å². The van der Waals surface area contributed by atoms with Gasteiger partial charge in [-0.3, -0.25) is 9.89 Å². The molecule has 2 aromatic rings. The van der Waals surface area contributed by atoms with Gasteiger partial charge in [0.2, 0.25) is 5.91 Å². The molecule has 20 heavy (non-hydrogen) atoms. The van der Waals surface area contributed by atoms with E-state index in [4.69, 9.17) is 5.73 Å². The third-order valence-corrected chi connectivity index (χ3v) is 4.45. The topological polar surface area (TPSA) is 75.0 Å². The second kappa shape index (κ2) is 5.03. The Morgan fingerprint density at radius 1 is 1.50 bits per heavy atom. The molecule has 0 fully saturated rings. The maximum absolute atomic E-state index is 11.7. The number of nitrogens with zero attached hydrogens (tertiary/aromatic N) is 2. The minimum absolute atomic E-state index is 0.127. The van der Waals surface area contributed by atoms with Crippen LogP contribution in [0.5, 0.6) is 0 Å². The number of likely N-dealkylation sites (N-methyl/N-ethyl adjacent to an activating group) is 1. The predicted molar refractivity (Wildman–Crippen MR) is 81.6 cm³/mol. The third-order valence-electron chi connectivity index (χ3n) is 3.60. The minimum Gasteiger partial charge on any atom is -0.330 e. The van der Waals surface area contributed by atoms with Gasteiger partial charge in [0.05, 0.1) is 16.6 Å². The summed E-state index contributed by atoms with van der Waals surface area (Å²) >= 11 is 3.57. The Hall–Kier alpha value is -1.66. The highest BCUT2D eigenvalue weighted by Crippen LogP contribution is 2.34. The summed E-state index contributed by atoms with van der Waals surface area (Å²) < 4.78 is 0.945. The molecule has 2 heterocycles. The van der Waals surface area contributed by atoms with Crippen molar-refractivity contribution >= 4 is 27.5 Å². The average Bonchev–Trinajstić information content (AvgIpc) is 2.92. The fraction of sp³-hybridized carbons (Fsp3) is 0.286. The zero-order chi connectivity index (χ0) is 14.3. The van der Waals surface area contributed by atoms with E-state index in [0.717, 1.165) is 39.1 Å². The van der Waals surface area contributed by atoms with Crippen molar-refractivity contribution in [2.75, 3.05) is 18.5 Å². The summed E-state index contributed by atoms with van der Waals surface area (Å²) in [7, 11) is 1.80.